The van der Waals surface area contributed by atoms with Crippen molar-refractivity contribution in [2.24, 2.45) is 34.0 Å². The third kappa shape index (κ3) is 5.85. The Balaban J connectivity index is 0.880. The molecule has 2 spiro atoms. The number of Topliss-reactive ketones (excluding diaryl/α,β-unsaturated/α-hetero) is 2. The van der Waals surface area contributed by atoms with Crippen LogP contribution in [0.1, 0.15) is 78.1 Å². The van der Waals surface area contributed by atoms with E-state index in [2.05, 4.69) is 6.58 Å². The highest BCUT2D eigenvalue weighted by Gasteiger charge is 2.88. The summed E-state index contributed by atoms with van der Waals surface area (Å²) in [6, 6.07) is 9.98. The van der Waals surface area contributed by atoms with Gasteiger partial charge in [-0.15, -0.1) is 0 Å². The smallest absolute Gasteiger partial charge is 0.306 e. The quantitative estimate of drug-likeness (QED) is 0.0746. The van der Waals surface area contributed by atoms with E-state index in [9.17, 15) is 29.4 Å². The Labute approximate surface area is 315 Å². The molecule has 280 valence electrons. The van der Waals surface area contributed by atoms with E-state index in [4.69, 9.17) is 31.2 Å². The van der Waals surface area contributed by atoms with E-state index in [-0.39, 0.29) is 43.8 Å². The standard InChI is InChI=1S/C39H46O10S3/c1-22-25-12-13-27-37-21-48-39(45,34(44)32(37)36(2,3)17-16-28(37)40)38(27,33(22)43)35(25)49-30(42)15-14-29(41)47-19-7-5-4-6-18-46-24-10-8-23(9-11-24)26-20-31(50)52-51-26/h8-11,20,25,27,32,34-35,44-45H,1,4-7,12-19,21H2,2-3H3/t25-,27-,32+,34-,35+,37+,38-,39-/m0/s1. The van der Waals surface area contributed by atoms with Crippen LogP contribution in [0.5, 0.6) is 5.75 Å². The summed E-state index contributed by atoms with van der Waals surface area (Å²) in [6.45, 7) is 8.68. The highest BCUT2D eigenvalue weighted by Crippen LogP contribution is 2.76. The lowest BCUT2D eigenvalue weighted by Crippen LogP contribution is -2.85. The van der Waals surface area contributed by atoms with Gasteiger partial charge in [0.05, 0.1) is 38.1 Å². The number of benzene rings is 1. The summed E-state index contributed by atoms with van der Waals surface area (Å²) in [5.74, 6) is -5.34. The zero-order chi connectivity index (χ0) is 37.1. The molecule has 6 fully saturated rings. The largest absolute Gasteiger partial charge is 0.494 e. The van der Waals surface area contributed by atoms with Gasteiger partial charge in [0, 0.05) is 23.1 Å². The lowest BCUT2D eigenvalue weighted by molar-refractivity contribution is -0.437. The second kappa shape index (κ2) is 14.1. The minimum atomic E-state index is -2.36. The molecule has 4 aliphatic carbocycles. The molecule has 0 amide bonds. The fourth-order valence-electron chi connectivity index (χ4n) is 10.3. The maximum atomic E-state index is 14.2. The number of carbonyl (C=O) groups is 4. The summed E-state index contributed by atoms with van der Waals surface area (Å²) >= 11 is 5.22. The van der Waals surface area contributed by atoms with Gasteiger partial charge in [-0.25, -0.2) is 0 Å². The topological polar surface area (TPSA) is 146 Å². The maximum Gasteiger partial charge on any atom is 0.306 e. The van der Waals surface area contributed by atoms with Crippen LogP contribution in [-0.4, -0.2) is 71.5 Å². The van der Waals surface area contributed by atoms with E-state index < -0.39 is 69.7 Å². The summed E-state index contributed by atoms with van der Waals surface area (Å²) < 4.78 is 24.1. The van der Waals surface area contributed by atoms with E-state index in [0.29, 0.717) is 32.3 Å². The number of fused-ring (bicyclic) bond motifs is 2. The SMILES string of the molecule is C=C1C(=O)[C@]23[C@H](OC(=O)CCC(=O)OCCCCCCOc4ccc(-c5cc(=S)ss5)cc4)[C@H]1CC[C@H]2[C@@]12CO[C@@]3(O)[C@@H](O)[C@@H]1C(C)(C)CCC2=O. The van der Waals surface area contributed by atoms with E-state index in [0.717, 1.165) is 39.3 Å². The molecule has 1 aromatic carbocycles. The van der Waals surface area contributed by atoms with Gasteiger partial charge in [-0.1, -0.05) is 53.3 Å². The third-order valence-corrected chi connectivity index (χ3v) is 15.5. The number of ketones is 2. The predicted octanol–water partition coefficient (Wildman–Crippen LogP) is 6.62. The second-order valence-corrected chi connectivity index (χ2v) is 18.6. The zero-order valence-corrected chi connectivity index (χ0v) is 32.0. The first kappa shape index (κ1) is 37.5. The Hall–Kier alpha value is -2.81. The summed E-state index contributed by atoms with van der Waals surface area (Å²) in [4.78, 5) is 55.0. The fraction of sp³-hybridized carbons (Fsp3) is 0.615. The minimum absolute atomic E-state index is 0.0876. The Morgan fingerprint density at radius 2 is 1.73 bits per heavy atom. The first-order valence-corrected chi connectivity index (χ1v) is 20.8. The summed E-state index contributed by atoms with van der Waals surface area (Å²) in [5, 5.41) is 24.1. The van der Waals surface area contributed by atoms with Crippen molar-refractivity contribution in [2.75, 3.05) is 19.8 Å². The number of aliphatic hydroxyl groups excluding tert-OH is 1. The van der Waals surface area contributed by atoms with Crippen molar-refractivity contribution in [3.63, 3.8) is 0 Å². The van der Waals surface area contributed by atoms with E-state index in [1.807, 2.05) is 44.2 Å². The van der Waals surface area contributed by atoms with Crippen LogP contribution in [0.25, 0.3) is 10.4 Å². The molecule has 4 saturated carbocycles. The van der Waals surface area contributed by atoms with Crippen molar-refractivity contribution in [3.8, 4) is 16.2 Å². The molecular formula is C39H46O10S3. The Kier molecular flexibility index (Phi) is 10.2. The number of carbonyl (C=O) groups excluding carboxylic acids is 4. The number of esters is 2. The van der Waals surface area contributed by atoms with Crippen molar-refractivity contribution in [1.82, 2.24) is 0 Å². The third-order valence-electron chi connectivity index (χ3n) is 12.6. The monoisotopic (exact) mass is 770 g/mol. The van der Waals surface area contributed by atoms with Crippen LogP contribution >= 0.6 is 32.9 Å². The van der Waals surface area contributed by atoms with Gasteiger partial charge in [-0.3, -0.25) is 19.2 Å². The first-order chi connectivity index (χ1) is 24.8. The Morgan fingerprint density at radius 1 is 1.02 bits per heavy atom. The van der Waals surface area contributed by atoms with Crippen LogP contribution < -0.4 is 4.74 Å². The predicted molar refractivity (Wildman–Crippen MR) is 196 cm³/mol. The van der Waals surface area contributed by atoms with Crippen molar-refractivity contribution in [2.45, 2.75) is 96.1 Å². The molecule has 8 atom stereocenters. The molecule has 1 aromatic heterocycles. The molecule has 10 nitrogen and oxygen atoms in total. The lowest BCUT2D eigenvalue weighted by atomic mass is 9.36. The van der Waals surface area contributed by atoms with Crippen molar-refractivity contribution in [3.05, 3.63) is 46.3 Å². The number of aliphatic hydroxyl groups is 2. The van der Waals surface area contributed by atoms with Gasteiger partial charge < -0.3 is 29.2 Å². The molecule has 2 aromatic rings. The molecule has 6 aliphatic rings. The summed E-state index contributed by atoms with van der Waals surface area (Å²) in [5.41, 5.74) is -2.25. The molecule has 3 heterocycles. The van der Waals surface area contributed by atoms with Crippen molar-refractivity contribution in [1.29, 1.82) is 0 Å². The average molecular weight is 771 g/mol. The number of unbranched alkanes of at least 4 members (excludes halogenated alkanes) is 3. The molecule has 0 radical (unpaired) electrons. The van der Waals surface area contributed by atoms with E-state index in [1.165, 1.54) is 0 Å². The van der Waals surface area contributed by atoms with Gasteiger partial charge >= 0.3 is 11.9 Å². The lowest BCUT2D eigenvalue weighted by Gasteiger charge is -2.72. The van der Waals surface area contributed by atoms with Gasteiger partial charge in [0.1, 0.15) is 33.0 Å². The number of hydrogen-bond donors (Lipinski definition) is 2. The van der Waals surface area contributed by atoms with Gasteiger partial charge in [0.15, 0.2) is 5.78 Å². The highest BCUT2D eigenvalue weighted by molar-refractivity contribution is 7.80. The normalized spacial score (nSPS) is 34.1. The van der Waals surface area contributed by atoms with Gasteiger partial charge in [-0.05, 0) is 97.7 Å². The van der Waals surface area contributed by atoms with Crippen LogP contribution in [0.3, 0.4) is 0 Å². The molecule has 13 heteroatoms. The molecule has 2 saturated heterocycles. The summed E-state index contributed by atoms with van der Waals surface area (Å²) in [6.07, 6.45) is 1.76. The van der Waals surface area contributed by atoms with Crippen LogP contribution in [-0.2, 0) is 33.4 Å². The molecule has 2 N–H and O–H groups in total. The van der Waals surface area contributed by atoms with Crippen LogP contribution in [0.4, 0.5) is 0 Å². The molecule has 0 unspecified atom stereocenters. The number of ether oxygens (including phenoxy) is 4. The van der Waals surface area contributed by atoms with Crippen molar-refractivity contribution >= 4 is 56.4 Å². The summed E-state index contributed by atoms with van der Waals surface area (Å²) in [7, 11) is 3.26. The van der Waals surface area contributed by atoms with Crippen molar-refractivity contribution < 1.29 is 48.3 Å². The van der Waals surface area contributed by atoms with Crippen LogP contribution in [0.15, 0.2) is 42.5 Å². The van der Waals surface area contributed by atoms with E-state index in [1.54, 1.807) is 20.7 Å². The second-order valence-electron chi connectivity index (χ2n) is 15.7. The van der Waals surface area contributed by atoms with Gasteiger partial charge in [-0.2, -0.15) is 0 Å². The van der Waals surface area contributed by atoms with Gasteiger partial charge in [0.25, 0.3) is 0 Å². The maximum absolute atomic E-state index is 14.2. The van der Waals surface area contributed by atoms with E-state index >= 15 is 0 Å². The average Bonchev–Trinajstić information content (AvgIpc) is 3.60. The van der Waals surface area contributed by atoms with Gasteiger partial charge in [0.2, 0.25) is 5.79 Å². The molecule has 2 aliphatic heterocycles. The minimum Gasteiger partial charge on any atom is -0.494 e. The van der Waals surface area contributed by atoms with Crippen LogP contribution in [0.2, 0.25) is 0 Å². The fourth-order valence-corrected chi connectivity index (χ4v) is 12.7. The highest BCUT2D eigenvalue weighted by atomic mass is 32.9. The molecule has 52 heavy (non-hydrogen) atoms. The van der Waals surface area contributed by atoms with Crippen LogP contribution in [0, 0.1) is 37.8 Å². The first-order valence-electron chi connectivity index (χ1n) is 18.3. The molecule has 8 rings (SSSR count). The molecular weight excluding hydrogens is 725 g/mol. The number of hydrogen-bond acceptors (Lipinski definition) is 13. The number of rotatable bonds is 13. The molecule has 4 bridgehead atoms. The Bertz CT molecular complexity index is 1810. The zero-order valence-electron chi connectivity index (χ0n) is 29.6. The Morgan fingerprint density at radius 3 is 2.44 bits per heavy atom.